The minimum Gasteiger partial charge on any atom is -0.503 e. The number of rotatable bonds is 5. The molecule has 23 heavy (non-hydrogen) atoms. The summed E-state index contributed by atoms with van der Waals surface area (Å²) in [6.07, 6.45) is 1.26. The summed E-state index contributed by atoms with van der Waals surface area (Å²) in [5.74, 6) is -1.55. The van der Waals surface area contributed by atoms with Crippen molar-refractivity contribution in [1.29, 1.82) is 0 Å². The van der Waals surface area contributed by atoms with E-state index >= 15 is 0 Å². The third-order valence-corrected chi connectivity index (χ3v) is 4.31. The molecular formula is C16H25N3O4. The van der Waals surface area contributed by atoms with Crippen LogP contribution in [-0.4, -0.2) is 63.8 Å². The van der Waals surface area contributed by atoms with Crippen LogP contribution in [0, 0.1) is 5.92 Å². The number of pyridine rings is 1. The van der Waals surface area contributed by atoms with Crippen LogP contribution in [-0.2, 0) is 11.3 Å². The van der Waals surface area contributed by atoms with Crippen molar-refractivity contribution in [2.24, 2.45) is 5.92 Å². The largest absolute Gasteiger partial charge is 0.503 e. The highest BCUT2D eigenvalue weighted by Gasteiger charge is 2.26. The number of likely N-dealkylation sites (N-methyl/N-ethyl adjacent to an activating group) is 1. The van der Waals surface area contributed by atoms with E-state index in [2.05, 4.69) is 16.8 Å². The Morgan fingerprint density at radius 3 is 2.39 bits per heavy atom. The van der Waals surface area contributed by atoms with Crippen molar-refractivity contribution in [3.63, 3.8) is 0 Å². The van der Waals surface area contributed by atoms with Gasteiger partial charge in [0.1, 0.15) is 6.04 Å². The molecule has 0 bridgehead atoms. The normalized spacial score (nSPS) is 18.3. The summed E-state index contributed by atoms with van der Waals surface area (Å²) in [5.41, 5.74) is 0.150. The van der Waals surface area contributed by atoms with Gasteiger partial charge in [0.15, 0.2) is 5.75 Å². The summed E-state index contributed by atoms with van der Waals surface area (Å²) < 4.78 is 1.53. The van der Waals surface area contributed by atoms with Crippen molar-refractivity contribution < 1.29 is 15.0 Å². The van der Waals surface area contributed by atoms with Crippen LogP contribution >= 0.6 is 0 Å². The van der Waals surface area contributed by atoms with E-state index < -0.39 is 23.2 Å². The van der Waals surface area contributed by atoms with Gasteiger partial charge in [-0.3, -0.25) is 9.69 Å². The van der Waals surface area contributed by atoms with Crippen molar-refractivity contribution >= 4 is 5.97 Å². The number of carboxylic acid groups (broad SMARTS) is 1. The molecule has 1 aliphatic rings. The van der Waals surface area contributed by atoms with Crippen LogP contribution in [0.5, 0.6) is 5.75 Å². The zero-order valence-corrected chi connectivity index (χ0v) is 13.9. The lowest BCUT2D eigenvalue weighted by Crippen LogP contribution is -2.44. The SMILES string of the molecule is CC(C)C(C(=O)O)n1cc(O)c(=O)cc1CN1CCN(C)CC1. The summed E-state index contributed by atoms with van der Waals surface area (Å²) in [5, 5.41) is 19.3. The molecule has 2 rings (SSSR count). The van der Waals surface area contributed by atoms with E-state index in [9.17, 15) is 19.8 Å². The Hall–Kier alpha value is -1.86. The minimum atomic E-state index is -0.970. The number of aliphatic carboxylic acids is 1. The highest BCUT2D eigenvalue weighted by molar-refractivity contribution is 5.72. The summed E-state index contributed by atoms with van der Waals surface area (Å²) in [6, 6.07) is 0.537. The predicted octanol–water partition coefficient (Wildman–Crippen LogP) is 0.583. The van der Waals surface area contributed by atoms with Crippen LogP contribution in [0.2, 0.25) is 0 Å². The first kappa shape index (κ1) is 17.5. The summed E-state index contributed by atoms with van der Waals surface area (Å²) >= 11 is 0. The van der Waals surface area contributed by atoms with Crippen LogP contribution in [0.25, 0.3) is 0 Å². The van der Waals surface area contributed by atoms with Crippen molar-refractivity contribution in [2.45, 2.75) is 26.4 Å². The Morgan fingerprint density at radius 2 is 1.87 bits per heavy atom. The highest BCUT2D eigenvalue weighted by Crippen LogP contribution is 2.22. The number of piperazine rings is 1. The van der Waals surface area contributed by atoms with E-state index in [1.165, 1.54) is 16.8 Å². The average molecular weight is 323 g/mol. The minimum absolute atomic E-state index is 0.166. The third-order valence-electron chi connectivity index (χ3n) is 4.31. The number of aromatic nitrogens is 1. The molecule has 1 aromatic rings. The molecule has 0 amide bonds. The van der Waals surface area contributed by atoms with Gasteiger partial charge in [-0.25, -0.2) is 4.79 Å². The molecule has 7 heteroatoms. The molecule has 1 fully saturated rings. The van der Waals surface area contributed by atoms with Gasteiger partial charge >= 0.3 is 5.97 Å². The van der Waals surface area contributed by atoms with E-state index in [4.69, 9.17) is 0 Å². The molecule has 0 aromatic carbocycles. The fourth-order valence-corrected chi connectivity index (χ4v) is 2.92. The zero-order chi connectivity index (χ0) is 17.1. The van der Waals surface area contributed by atoms with E-state index in [1.54, 1.807) is 0 Å². The second-order valence-electron chi connectivity index (χ2n) is 6.53. The molecule has 7 nitrogen and oxygen atoms in total. The molecule has 2 heterocycles. The average Bonchev–Trinajstić information content (AvgIpc) is 2.45. The monoisotopic (exact) mass is 323 g/mol. The Bertz CT molecular complexity index is 618. The third kappa shape index (κ3) is 4.11. The molecule has 0 spiro atoms. The van der Waals surface area contributed by atoms with Crippen molar-refractivity contribution in [2.75, 3.05) is 33.2 Å². The number of hydrogen-bond donors (Lipinski definition) is 2. The van der Waals surface area contributed by atoms with E-state index in [0.29, 0.717) is 12.2 Å². The molecule has 1 unspecified atom stereocenters. The number of aromatic hydroxyl groups is 1. The molecule has 0 saturated carbocycles. The molecule has 1 atom stereocenters. The first-order valence-electron chi connectivity index (χ1n) is 7.87. The summed E-state index contributed by atoms with van der Waals surface area (Å²) in [4.78, 5) is 27.9. The Balaban J connectivity index is 2.35. The van der Waals surface area contributed by atoms with Crippen molar-refractivity contribution in [3.8, 4) is 5.75 Å². The highest BCUT2D eigenvalue weighted by atomic mass is 16.4. The smallest absolute Gasteiger partial charge is 0.326 e. The van der Waals surface area contributed by atoms with E-state index in [0.717, 1.165) is 26.2 Å². The number of carboxylic acids is 1. The second-order valence-corrected chi connectivity index (χ2v) is 6.53. The van der Waals surface area contributed by atoms with Crippen LogP contribution < -0.4 is 5.43 Å². The lowest BCUT2D eigenvalue weighted by molar-refractivity contribution is -0.142. The quantitative estimate of drug-likeness (QED) is 0.824. The number of hydrogen-bond acceptors (Lipinski definition) is 5. The Labute approximate surface area is 135 Å². The van der Waals surface area contributed by atoms with Gasteiger partial charge in [-0.2, -0.15) is 0 Å². The van der Waals surface area contributed by atoms with Gasteiger partial charge in [0.2, 0.25) is 5.43 Å². The summed E-state index contributed by atoms with van der Waals surface area (Å²) in [7, 11) is 2.06. The van der Waals surface area contributed by atoms with Crippen LogP contribution in [0.1, 0.15) is 25.6 Å². The second kappa shape index (κ2) is 7.14. The van der Waals surface area contributed by atoms with Crippen LogP contribution in [0.15, 0.2) is 17.1 Å². The van der Waals surface area contributed by atoms with Gasteiger partial charge in [0, 0.05) is 44.5 Å². The molecule has 0 radical (unpaired) electrons. The van der Waals surface area contributed by atoms with Gasteiger partial charge in [0.05, 0.1) is 6.20 Å². The maximum absolute atomic E-state index is 11.8. The van der Waals surface area contributed by atoms with Gasteiger partial charge < -0.3 is 19.7 Å². The Kier molecular flexibility index (Phi) is 5.43. The molecule has 128 valence electrons. The first-order valence-corrected chi connectivity index (χ1v) is 7.87. The van der Waals surface area contributed by atoms with E-state index in [-0.39, 0.29) is 5.92 Å². The van der Waals surface area contributed by atoms with Gasteiger partial charge in [0.25, 0.3) is 0 Å². The van der Waals surface area contributed by atoms with E-state index in [1.807, 2.05) is 13.8 Å². The zero-order valence-electron chi connectivity index (χ0n) is 13.9. The lowest BCUT2D eigenvalue weighted by Gasteiger charge is -2.33. The maximum atomic E-state index is 11.8. The fraction of sp³-hybridized carbons (Fsp3) is 0.625. The molecule has 1 saturated heterocycles. The maximum Gasteiger partial charge on any atom is 0.326 e. The van der Waals surface area contributed by atoms with Gasteiger partial charge in [-0.15, -0.1) is 0 Å². The molecule has 2 N–H and O–H groups in total. The topological polar surface area (TPSA) is 86.0 Å². The standard InChI is InChI=1S/C16H25N3O4/c1-11(2)15(16(22)23)19-10-14(21)13(20)8-12(19)9-18-6-4-17(3)5-7-18/h8,10-11,15,21H,4-7,9H2,1-3H3,(H,22,23). The molecule has 1 aliphatic heterocycles. The van der Waals surface area contributed by atoms with Crippen LogP contribution in [0.4, 0.5) is 0 Å². The molecule has 1 aromatic heterocycles. The lowest BCUT2D eigenvalue weighted by atomic mass is 10.0. The predicted molar refractivity (Wildman–Crippen MR) is 86.7 cm³/mol. The molecule has 0 aliphatic carbocycles. The first-order chi connectivity index (χ1) is 10.8. The number of nitrogens with zero attached hydrogens (tertiary/aromatic N) is 3. The number of carbonyl (C=O) groups is 1. The summed E-state index contributed by atoms with van der Waals surface area (Å²) in [6.45, 7) is 7.74. The fourth-order valence-electron chi connectivity index (χ4n) is 2.92. The van der Waals surface area contributed by atoms with Crippen molar-refractivity contribution in [3.05, 3.63) is 28.2 Å². The molecular weight excluding hydrogens is 298 g/mol. The Morgan fingerprint density at radius 1 is 1.26 bits per heavy atom. The van der Waals surface area contributed by atoms with Gasteiger partial charge in [-0.1, -0.05) is 13.8 Å². The van der Waals surface area contributed by atoms with Gasteiger partial charge in [-0.05, 0) is 13.0 Å². The van der Waals surface area contributed by atoms with Crippen LogP contribution in [0.3, 0.4) is 0 Å². The van der Waals surface area contributed by atoms with Crippen molar-refractivity contribution in [1.82, 2.24) is 14.4 Å².